The Kier molecular flexibility index (Phi) is 3.88. The summed E-state index contributed by atoms with van der Waals surface area (Å²) in [6, 6.07) is 4.35. The Morgan fingerprint density at radius 2 is 2.38 bits per heavy atom. The SMILES string of the molecule is C=C1c2cc(C=O)c(CCNC)cc2N=CC2CCCN12. The molecule has 1 fully saturated rings. The summed E-state index contributed by atoms with van der Waals surface area (Å²) in [5, 5.41) is 3.12. The van der Waals surface area contributed by atoms with Gasteiger partial charge in [-0.1, -0.05) is 6.58 Å². The highest BCUT2D eigenvalue weighted by atomic mass is 16.1. The van der Waals surface area contributed by atoms with Crippen LogP contribution in [0.25, 0.3) is 5.70 Å². The van der Waals surface area contributed by atoms with E-state index in [-0.39, 0.29) is 0 Å². The second kappa shape index (κ2) is 5.82. The van der Waals surface area contributed by atoms with Crippen molar-refractivity contribution in [3.05, 3.63) is 35.4 Å². The van der Waals surface area contributed by atoms with Crippen LogP contribution in [0.5, 0.6) is 0 Å². The van der Waals surface area contributed by atoms with Gasteiger partial charge in [-0.05, 0) is 50.6 Å². The van der Waals surface area contributed by atoms with Crippen molar-refractivity contribution in [1.82, 2.24) is 10.2 Å². The zero-order valence-electron chi connectivity index (χ0n) is 12.4. The summed E-state index contributed by atoms with van der Waals surface area (Å²) in [6.07, 6.45) is 6.10. The summed E-state index contributed by atoms with van der Waals surface area (Å²) in [6.45, 7) is 6.11. The van der Waals surface area contributed by atoms with Crippen LogP contribution in [0.2, 0.25) is 0 Å². The molecule has 21 heavy (non-hydrogen) atoms. The Morgan fingerprint density at radius 3 is 3.14 bits per heavy atom. The maximum atomic E-state index is 11.4. The van der Waals surface area contributed by atoms with Crippen molar-refractivity contribution in [2.75, 3.05) is 20.1 Å². The van der Waals surface area contributed by atoms with E-state index in [0.29, 0.717) is 6.04 Å². The van der Waals surface area contributed by atoms with Crippen molar-refractivity contribution in [1.29, 1.82) is 0 Å². The second-order valence-corrected chi connectivity index (χ2v) is 5.67. The van der Waals surface area contributed by atoms with Gasteiger partial charge in [0.05, 0.1) is 11.7 Å². The minimum Gasteiger partial charge on any atom is -0.363 e. The summed E-state index contributed by atoms with van der Waals surface area (Å²) in [7, 11) is 1.92. The van der Waals surface area contributed by atoms with Crippen LogP contribution in [0.15, 0.2) is 23.7 Å². The molecule has 0 amide bonds. The second-order valence-electron chi connectivity index (χ2n) is 5.67. The fourth-order valence-electron chi connectivity index (χ4n) is 3.18. The molecule has 0 aromatic heterocycles. The van der Waals surface area contributed by atoms with E-state index in [9.17, 15) is 4.79 Å². The van der Waals surface area contributed by atoms with Gasteiger partial charge in [0.25, 0.3) is 0 Å². The molecule has 0 bridgehead atoms. The first kappa shape index (κ1) is 14.0. The highest BCUT2D eigenvalue weighted by molar-refractivity contribution is 5.87. The number of hydrogen-bond donors (Lipinski definition) is 1. The minimum absolute atomic E-state index is 0.352. The van der Waals surface area contributed by atoms with E-state index in [2.05, 4.69) is 21.8 Å². The highest BCUT2D eigenvalue weighted by Gasteiger charge is 2.28. The molecular formula is C17H21N3O. The fourth-order valence-corrected chi connectivity index (χ4v) is 3.18. The molecule has 0 saturated carbocycles. The molecule has 0 spiro atoms. The van der Waals surface area contributed by atoms with E-state index < -0.39 is 0 Å². The molecule has 4 heteroatoms. The third kappa shape index (κ3) is 2.51. The predicted molar refractivity (Wildman–Crippen MR) is 86.4 cm³/mol. The first-order valence-corrected chi connectivity index (χ1v) is 7.51. The Bertz CT molecular complexity index is 606. The largest absolute Gasteiger partial charge is 0.363 e. The van der Waals surface area contributed by atoms with E-state index in [1.165, 1.54) is 6.42 Å². The van der Waals surface area contributed by atoms with Crippen LogP contribution in [0.3, 0.4) is 0 Å². The van der Waals surface area contributed by atoms with Gasteiger partial charge < -0.3 is 10.2 Å². The molecular weight excluding hydrogens is 262 g/mol. The number of nitrogens with zero attached hydrogens (tertiary/aromatic N) is 2. The van der Waals surface area contributed by atoms with Crippen LogP contribution in [-0.2, 0) is 6.42 Å². The van der Waals surface area contributed by atoms with Gasteiger partial charge in [-0.2, -0.15) is 0 Å². The lowest BCUT2D eigenvalue weighted by Gasteiger charge is -2.25. The van der Waals surface area contributed by atoms with Crippen LogP contribution in [0, 0.1) is 0 Å². The van der Waals surface area contributed by atoms with Crippen molar-refractivity contribution in [2.24, 2.45) is 4.99 Å². The number of benzene rings is 1. The number of fused-ring (bicyclic) bond motifs is 2. The van der Waals surface area contributed by atoms with Gasteiger partial charge in [0.15, 0.2) is 0 Å². The van der Waals surface area contributed by atoms with Crippen molar-refractivity contribution in [2.45, 2.75) is 25.3 Å². The maximum Gasteiger partial charge on any atom is 0.150 e. The van der Waals surface area contributed by atoms with Gasteiger partial charge in [0, 0.05) is 29.6 Å². The highest BCUT2D eigenvalue weighted by Crippen LogP contribution is 2.36. The normalized spacial score (nSPS) is 20.1. The molecule has 1 unspecified atom stereocenters. The molecule has 1 saturated heterocycles. The van der Waals surface area contributed by atoms with Crippen LogP contribution < -0.4 is 5.32 Å². The number of carbonyl (C=O) groups excluding carboxylic acids is 1. The Hall–Kier alpha value is -1.94. The number of likely N-dealkylation sites (N-methyl/N-ethyl adjacent to an activating group) is 1. The molecule has 2 heterocycles. The fraction of sp³-hybridized carbons (Fsp3) is 0.412. The van der Waals surface area contributed by atoms with Crippen LogP contribution in [0.4, 0.5) is 5.69 Å². The number of aliphatic imine (C=N–C) groups is 1. The summed E-state index contributed by atoms with van der Waals surface area (Å²) < 4.78 is 0. The van der Waals surface area contributed by atoms with Gasteiger partial charge in [-0.25, -0.2) is 0 Å². The zero-order chi connectivity index (χ0) is 14.8. The van der Waals surface area contributed by atoms with Gasteiger partial charge >= 0.3 is 0 Å². The third-order valence-electron chi connectivity index (χ3n) is 4.37. The van der Waals surface area contributed by atoms with Crippen molar-refractivity contribution in [3.63, 3.8) is 0 Å². The van der Waals surface area contributed by atoms with E-state index >= 15 is 0 Å². The molecule has 1 atom stereocenters. The number of nitrogens with one attached hydrogen (secondary N) is 1. The number of hydrogen-bond acceptors (Lipinski definition) is 4. The number of rotatable bonds is 4. The molecule has 0 aliphatic carbocycles. The molecule has 2 aliphatic rings. The first-order chi connectivity index (χ1) is 10.2. The van der Waals surface area contributed by atoms with Gasteiger partial charge in [0.1, 0.15) is 6.29 Å². The molecule has 4 nitrogen and oxygen atoms in total. The standard InChI is InChI=1S/C17H21N3O/c1-12-16-8-14(11-21)13(5-6-18-2)9-17(16)19-10-15-4-3-7-20(12)15/h8-11,15,18H,1,3-7H2,2H3. The van der Waals surface area contributed by atoms with E-state index in [4.69, 9.17) is 0 Å². The lowest BCUT2D eigenvalue weighted by atomic mass is 9.98. The van der Waals surface area contributed by atoms with Crippen LogP contribution in [-0.4, -0.2) is 43.6 Å². The average Bonchev–Trinajstić information content (AvgIpc) is 2.93. The topological polar surface area (TPSA) is 44.7 Å². The Balaban J connectivity index is 2.04. The number of carbonyl (C=O) groups is 1. The summed E-state index contributed by atoms with van der Waals surface area (Å²) in [5.41, 5.74) is 4.72. The quantitative estimate of drug-likeness (QED) is 0.863. The zero-order valence-corrected chi connectivity index (χ0v) is 12.4. The third-order valence-corrected chi connectivity index (χ3v) is 4.37. The van der Waals surface area contributed by atoms with Crippen molar-refractivity contribution in [3.8, 4) is 0 Å². The van der Waals surface area contributed by atoms with Gasteiger partial charge in [-0.15, -0.1) is 0 Å². The molecule has 2 aliphatic heterocycles. The van der Waals surface area contributed by atoms with Crippen LogP contribution in [0.1, 0.15) is 34.3 Å². The predicted octanol–water partition coefficient (Wildman–Crippen LogP) is 2.41. The lowest BCUT2D eigenvalue weighted by molar-refractivity contribution is 0.112. The van der Waals surface area contributed by atoms with Crippen LogP contribution >= 0.6 is 0 Å². The van der Waals surface area contributed by atoms with E-state index in [1.807, 2.05) is 25.4 Å². The monoisotopic (exact) mass is 283 g/mol. The van der Waals surface area contributed by atoms with E-state index in [1.54, 1.807) is 0 Å². The molecule has 1 N–H and O–H groups in total. The minimum atomic E-state index is 0.352. The lowest BCUT2D eigenvalue weighted by Crippen LogP contribution is -2.27. The first-order valence-electron chi connectivity index (χ1n) is 7.51. The van der Waals surface area contributed by atoms with E-state index in [0.717, 1.165) is 60.3 Å². The summed E-state index contributed by atoms with van der Waals surface area (Å²) >= 11 is 0. The van der Waals surface area contributed by atoms with Gasteiger partial charge in [-0.3, -0.25) is 9.79 Å². The Labute approximate surface area is 125 Å². The van der Waals surface area contributed by atoms with Crippen molar-refractivity contribution >= 4 is 23.9 Å². The molecule has 1 aromatic carbocycles. The summed E-state index contributed by atoms with van der Waals surface area (Å²) in [5.74, 6) is 0. The smallest absolute Gasteiger partial charge is 0.150 e. The van der Waals surface area contributed by atoms with Gasteiger partial charge in [0.2, 0.25) is 0 Å². The summed E-state index contributed by atoms with van der Waals surface area (Å²) in [4.78, 5) is 18.4. The maximum absolute atomic E-state index is 11.4. The average molecular weight is 283 g/mol. The molecule has 110 valence electrons. The molecule has 1 aromatic rings. The Morgan fingerprint density at radius 1 is 1.52 bits per heavy atom. The molecule has 0 radical (unpaired) electrons. The van der Waals surface area contributed by atoms with Crippen molar-refractivity contribution < 1.29 is 4.79 Å². The molecule has 3 rings (SSSR count). The number of aldehydes is 1.